The van der Waals surface area contributed by atoms with Gasteiger partial charge in [-0.1, -0.05) is 31.2 Å². The van der Waals surface area contributed by atoms with Crippen LogP contribution in [0.2, 0.25) is 0 Å². The number of hydrogen-bond acceptors (Lipinski definition) is 16. The number of rotatable bonds is 11. The number of cyclic esters (lactones) is 1. The van der Waals surface area contributed by atoms with E-state index in [4.69, 9.17) is 37.9 Å². The predicted molar refractivity (Wildman–Crippen MR) is 217 cm³/mol. The van der Waals surface area contributed by atoms with Gasteiger partial charge in [-0.3, -0.25) is 4.79 Å². The zero-order valence-corrected chi connectivity index (χ0v) is 37.0. The van der Waals surface area contributed by atoms with Crippen LogP contribution < -0.4 is 0 Å². The summed E-state index contributed by atoms with van der Waals surface area (Å²) >= 11 is 0. The van der Waals surface area contributed by atoms with Crippen LogP contribution in [0.25, 0.3) is 0 Å². The van der Waals surface area contributed by atoms with Crippen LogP contribution in [-0.2, 0) is 47.5 Å². The molecule has 3 fully saturated rings. The molecule has 19 atom stereocenters. The highest BCUT2D eigenvalue weighted by Crippen LogP contribution is 2.37. The minimum absolute atomic E-state index is 0.00885. The largest absolute Gasteiger partial charge is 0.462 e. The number of methoxy groups -OCH3 is 1. The number of aldehydes is 1. The molecule has 16 heteroatoms. The van der Waals surface area contributed by atoms with Crippen molar-refractivity contribution in [2.75, 3.05) is 35.3 Å². The van der Waals surface area contributed by atoms with Gasteiger partial charge in [0.25, 0.3) is 0 Å². The van der Waals surface area contributed by atoms with Gasteiger partial charge >= 0.3 is 5.97 Å². The first-order chi connectivity index (χ1) is 27.8. The van der Waals surface area contributed by atoms with Gasteiger partial charge < -0.3 is 72.9 Å². The molecular formula is C43H74N2O14. The Morgan fingerprint density at radius 1 is 0.864 bits per heavy atom. The summed E-state index contributed by atoms with van der Waals surface area (Å²) in [4.78, 5) is 29.5. The summed E-state index contributed by atoms with van der Waals surface area (Å²) in [5, 5.41) is 45.1. The molecular weight excluding hydrogens is 768 g/mol. The van der Waals surface area contributed by atoms with E-state index in [1.807, 2.05) is 52.2 Å². The van der Waals surface area contributed by atoms with Gasteiger partial charge in [0.15, 0.2) is 18.9 Å². The van der Waals surface area contributed by atoms with Crippen molar-refractivity contribution in [2.45, 2.75) is 190 Å². The van der Waals surface area contributed by atoms with Crippen molar-refractivity contribution in [3.8, 4) is 0 Å². The van der Waals surface area contributed by atoms with Gasteiger partial charge in [-0.05, 0) is 93.9 Å². The third-order valence-corrected chi connectivity index (χ3v) is 12.4. The van der Waals surface area contributed by atoms with E-state index in [-0.39, 0.29) is 30.9 Å². The highest BCUT2D eigenvalue weighted by molar-refractivity contribution is 5.70. The fourth-order valence-electron chi connectivity index (χ4n) is 9.10. The second-order valence-electron chi connectivity index (χ2n) is 17.8. The molecule has 4 aliphatic rings. The zero-order valence-electron chi connectivity index (χ0n) is 37.0. The maximum atomic E-state index is 13.1. The lowest BCUT2D eigenvalue weighted by molar-refractivity contribution is -0.344. The van der Waals surface area contributed by atoms with Gasteiger partial charge in [-0.25, -0.2) is 0 Å². The molecule has 0 bridgehead atoms. The van der Waals surface area contributed by atoms with Gasteiger partial charge in [0.2, 0.25) is 0 Å². The number of carbonyl (C=O) groups is 2. The topological polar surface area (TPSA) is 195 Å². The summed E-state index contributed by atoms with van der Waals surface area (Å²) in [6.45, 7) is 10.8. The lowest BCUT2D eigenvalue weighted by atomic mass is 9.82. The Kier molecular flexibility index (Phi) is 18.9. The fourth-order valence-corrected chi connectivity index (χ4v) is 9.10. The highest BCUT2D eigenvalue weighted by atomic mass is 16.7. The van der Waals surface area contributed by atoms with Crippen LogP contribution in [0, 0.1) is 11.8 Å². The Morgan fingerprint density at radius 3 is 2.17 bits per heavy atom. The minimum Gasteiger partial charge on any atom is -0.462 e. The van der Waals surface area contributed by atoms with Crippen LogP contribution in [0.4, 0.5) is 0 Å². The summed E-state index contributed by atoms with van der Waals surface area (Å²) in [6, 6.07) is -0.466. The minimum atomic E-state index is -1.47. The van der Waals surface area contributed by atoms with Crippen molar-refractivity contribution in [3.63, 3.8) is 0 Å². The van der Waals surface area contributed by atoms with Crippen LogP contribution in [0.5, 0.6) is 0 Å². The summed E-state index contributed by atoms with van der Waals surface area (Å²) in [6.07, 6.45) is -1.56. The maximum absolute atomic E-state index is 13.1. The van der Waals surface area contributed by atoms with E-state index in [2.05, 4.69) is 4.90 Å². The number of aliphatic hydroxyl groups is 4. The number of esters is 1. The first kappa shape index (κ1) is 49.8. The third kappa shape index (κ3) is 13.3. The number of carbonyl (C=O) groups excluding carboxylic acids is 2. The van der Waals surface area contributed by atoms with Crippen LogP contribution in [0.15, 0.2) is 24.3 Å². The summed E-state index contributed by atoms with van der Waals surface area (Å²) in [5.74, 6) is -1.47. The average Bonchev–Trinajstić information content (AvgIpc) is 3.13. The molecule has 0 aliphatic carbocycles. The molecule has 59 heavy (non-hydrogen) atoms. The predicted octanol–water partition coefficient (Wildman–Crippen LogP) is 2.33. The van der Waals surface area contributed by atoms with E-state index in [0.29, 0.717) is 19.3 Å². The Bertz CT molecular complexity index is 1370. The van der Waals surface area contributed by atoms with E-state index in [1.165, 1.54) is 14.0 Å². The van der Waals surface area contributed by atoms with E-state index in [0.717, 1.165) is 12.7 Å². The van der Waals surface area contributed by atoms with E-state index in [1.54, 1.807) is 39.8 Å². The van der Waals surface area contributed by atoms with Gasteiger partial charge in [0, 0.05) is 32.4 Å². The van der Waals surface area contributed by atoms with Crippen LogP contribution in [-0.4, -0.2) is 181 Å². The van der Waals surface area contributed by atoms with Gasteiger partial charge in [0.05, 0.1) is 54.7 Å². The monoisotopic (exact) mass is 843 g/mol. The molecule has 4 heterocycles. The van der Waals surface area contributed by atoms with E-state index < -0.39 is 110 Å². The molecule has 4 N–H and O–H groups in total. The van der Waals surface area contributed by atoms with Crippen molar-refractivity contribution >= 4 is 12.3 Å². The Balaban J connectivity index is 1.66. The van der Waals surface area contributed by atoms with Crippen molar-refractivity contribution in [1.82, 2.24) is 9.80 Å². The van der Waals surface area contributed by atoms with Gasteiger partial charge in [-0.15, -0.1) is 0 Å². The molecule has 0 aromatic rings. The normalized spacial score (nSPS) is 45.8. The van der Waals surface area contributed by atoms with Gasteiger partial charge in [-0.2, -0.15) is 0 Å². The maximum Gasteiger partial charge on any atom is 0.308 e. The average molecular weight is 843 g/mol. The molecule has 0 aromatic heterocycles. The number of ether oxygens (including phenoxy) is 8. The summed E-state index contributed by atoms with van der Waals surface area (Å²) < 4.78 is 50.0. The first-order valence-corrected chi connectivity index (χ1v) is 21.3. The van der Waals surface area contributed by atoms with E-state index >= 15 is 0 Å². The number of likely N-dealkylation sites (N-methyl/N-ethyl adjacent to an activating group) is 2. The van der Waals surface area contributed by atoms with Crippen LogP contribution >= 0.6 is 0 Å². The van der Waals surface area contributed by atoms with Crippen LogP contribution in [0.1, 0.15) is 86.5 Å². The molecule has 0 amide bonds. The molecule has 0 radical (unpaired) electrons. The SMILES string of the molecule is CO[C@@H]1[C@@H](O[C@@H]2O[C@H](C)[C@@H](O[C@H]3C[C@@](C)(O)[C@H](O)[C@H](C)O3)[C@H](N(C)C)[C@H]2O)[C@@H](CC=O)C[C@@H](C)[C@@H](O[C@H]2CC[C@H](N(C)C)[C@@H](C)O2)/C=C/C=C\C[C@H](C)OC(=O)C[C@H]1O. The quantitative estimate of drug-likeness (QED) is 0.175. The molecule has 16 nitrogen and oxygen atoms in total. The van der Waals surface area contributed by atoms with E-state index in [9.17, 15) is 30.0 Å². The zero-order chi connectivity index (χ0) is 43.8. The second kappa shape index (κ2) is 22.5. The second-order valence-corrected chi connectivity index (χ2v) is 17.8. The van der Waals surface area contributed by atoms with Gasteiger partial charge in [0.1, 0.15) is 36.8 Å². The summed E-state index contributed by atoms with van der Waals surface area (Å²) in [7, 11) is 9.03. The Morgan fingerprint density at radius 2 is 1.56 bits per heavy atom. The fraction of sp³-hybridized carbons (Fsp3) is 0.860. The number of aliphatic hydroxyl groups excluding tert-OH is 3. The molecule has 3 saturated heterocycles. The number of allylic oxidation sites excluding steroid dienone is 2. The molecule has 0 unspecified atom stereocenters. The molecule has 340 valence electrons. The third-order valence-electron chi connectivity index (χ3n) is 12.4. The lowest BCUT2D eigenvalue weighted by Gasteiger charge is -2.50. The van der Waals surface area contributed by atoms with Crippen molar-refractivity contribution in [1.29, 1.82) is 0 Å². The molecule has 0 saturated carbocycles. The Hall–Kier alpha value is -1.90. The number of nitrogens with zero attached hydrogens (tertiary/aromatic N) is 2. The Labute approximate surface area is 351 Å². The molecule has 4 rings (SSSR count). The van der Waals surface area contributed by atoms with Crippen molar-refractivity contribution in [2.24, 2.45) is 11.8 Å². The smallest absolute Gasteiger partial charge is 0.308 e. The summed E-state index contributed by atoms with van der Waals surface area (Å²) in [5.41, 5.74) is -1.47. The van der Waals surface area contributed by atoms with Crippen molar-refractivity contribution in [3.05, 3.63) is 24.3 Å². The number of hydrogen-bond donors (Lipinski definition) is 4. The molecule has 0 spiro atoms. The highest BCUT2D eigenvalue weighted by Gasteiger charge is 2.52. The van der Waals surface area contributed by atoms with Crippen molar-refractivity contribution < 1.29 is 67.9 Å². The molecule has 4 aliphatic heterocycles. The first-order valence-electron chi connectivity index (χ1n) is 21.3. The van der Waals surface area contributed by atoms with Crippen LogP contribution in [0.3, 0.4) is 0 Å². The standard InChI is InChI=1S/C43H74N2O14/c1-24-21-29(19-20-46)39(59-42-37(49)36(45(9)10)38(27(4)56-42)58-35-23-43(6,51)41(50)28(5)55-35)40(52-11)31(47)22-33(48)53-25(2)15-13-12-14-16-32(24)57-34-18-17-30(44(7)8)26(3)54-34/h12-14,16,20,24-32,34-42,47,49-51H,15,17-19,21-23H2,1-11H3/b13-12-,16-14+/t24-,25+,26-,27-,28+,29+,30+,31-,32+,34+,35+,36-,37-,38-,39+,40+,41-,42+,43-/m1/s1. The lowest BCUT2D eigenvalue weighted by Crippen LogP contribution is -2.65. The molecule has 0 aromatic carbocycles.